The Labute approximate surface area is 127 Å². The number of methoxy groups -OCH3 is 1. The summed E-state index contributed by atoms with van der Waals surface area (Å²) < 4.78 is 64.3. The van der Waals surface area contributed by atoms with Gasteiger partial charge in [0.25, 0.3) is 20.2 Å². The number of hydrogen-bond acceptors (Lipinski definition) is 8. The molecule has 0 aliphatic heterocycles. The van der Waals surface area contributed by atoms with E-state index in [9.17, 15) is 16.8 Å². The molecule has 21 heavy (non-hydrogen) atoms. The molecule has 0 aliphatic rings. The second-order valence-corrected chi connectivity index (χ2v) is 7.80. The van der Waals surface area contributed by atoms with Crippen LogP contribution in [-0.2, 0) is 38.1 Å². The highest BCUT2D eigenvalue weighted by atomic mass is 32.2. The fourth-order valence-electron chi connectivity index (χ4n) is 1.65. The fourth-order valence-corrected chi connectivity index (χ4v) is 2.72. The molecule has 0 bridgehead atoms. The van der Waals surface area contributed by atoms with Crippen LogP contribution in [0, 0.1) is 0 Å². The van der Waals surface area contributed by atoms with Crippen LogP contribution in [0.15, 0.2) is 0 Å². The minimum Gasteiger partial charge on any atom is -0.359 e. The summed E-state index contributed by atoms with van der Waals surface area (Å²) in [5.41, 5.74) is 0. The first-order chi connectivity index (χ1) is 9.59. The zero-order valence-electron chi connectivity index (χ0n) is 12.8. The van der Waals surface area contributed by atoms with Crippen molar-refractivity contribution >= 4 is 20.2 Å². The quantitative estimate of drug-likeness (QED) is 0.370. The third-order valence-electron chi connectivity index (χ3n) is 2.39. The van der Waals surface area contributed by atoms with E-state index in [-0.39, 0.29) is 19.8 Å². The molecule has 0 aromatic heterocycles. The first-order valence-electron chi connectivity index (χ1n) is 6.42. The van der Waals surface area contributed by atoms with Crippen molar-refractivity contribution < 1.29 is 34.7 Å². The van der Waals surface area contributed by atoms with Gasteiger partial charge in [0.1, 0.15) is 12.9 Å². The summed E-state index contributed by atoms with van der Waals surface area (Å²) in [5, 5.41) is 0. The Morgan fingerprint density at radius 3 is 2.00 bits per heavy atom. The second-order valence-electron chi connectivity index (χ2n) is 4.55. The molecule has 0 aliphatic carbocycles. The molecule has 0 unspecified atom stereocenters. The molecule has 10 heteroatoms. The average Bonchev–Trinajstić information content (AvgIpc) is 2.30. The van der Waals surface area contributed by atoms with E-state index in [1.807, 2.05) is 6.92 Å². The van der Waals surface area contributed by atoms with Gasteiger partial charge in [-0.3, -0.25) is 8.37 Å². The summed E-state index contributed by atoms with van der Waals surface area (Å²) in [7, 11) is -5.78. The molecule has 0 spiro atoms. The molecule has 0 heterocycles. The monoisotopic (exact) mass is 348 g/mol. The summed E-state index contributed by atoms with van der Waals surface area (Å²) in [4.78, 5) is 0. The van der Waals surface area contributed by atoms with Crippen molar-refractivity contribution in [2.45, 2.75) is 38.4 Å². The zero-order chi connectivity index (χ0) is 16.5. The molecular formula is C11H24O8S2. The Kier molecular flexibility index (Phi) is 9.58. The molecule has 8 nitrogen and oxygen atoms in total. The molecule has 0 saturated heterocycles. The van der Waals surface area contributed by atoms with Gasteiger partial charge >= 0.3 is 0 Å². The molecule has 0 amide bonds. The van der Waals surface area contributed by atoms with Crippen LogP contribution in [0.5, 0.6) is 0 Å². The van der Waals surface area contributed by atoms with E-state index in [2.05, 4.69) is 4.18 Å². The largest absolute Gasteiger partial charge is 0.359 e. The Balaban J connectivity index is 4.78. The molecule has 0 rings (SSSR count). The third-order valence-corrected chi connectivity index (χ3v) is 3.58. The maximum absolute atomic E-state index is 11.3. The second kappa shape index (κ2) is 9.70. The molecule has 0 aromatic rings. The standard InChI is InChI=1S/C11H24O8S2/c1-5-6-11(19-21(4,14)15)10(17-9-16-2)7-8-18-20(3,12)13/h10-11H,5-9H2,1-4H3/t10-,11+/m0/s1. The van der Waals surface area contributed by atoms with E-state index in [1.165, 1.54) is 7.11 Å². The predicted octanol–water partition coefficient (Wildman–Crippen LogP) is 0.487. The highest BCUT2D eigenvalue weighted by molar-refractivity contribution is 7.86. The maximum atomic E-state index is 11.3. The van der Waals surface area contributed by atoms with Gasteiger partial charge in [0.15, 0.2) is 0 Å². The lowest BCUT2D eigenvalue weighted by molar-refractivity contribution is -0.111. The number of rotatable bonds is 12. The molecule has 128 valence electrons. The summed E-state index contributed by atoms with van der Waals surface area (Å²) in [5.74, 6) is 0. The van der Waals surface area contributed by atoms with Crippen molar-refractivity contribution in [1.29, 1.82) is 0 Å². The highest BCUT2D eigenvalue weighted by Crippen LogP contribution is 2.17. The van der Waals surface area contributed by atoms with Crippen LogP contribution in [0.2, 0.25) is 0 Å². The van der Waals surface area contributed by atoms with Gasteiger partial charge < -0.3 is 9.47 Å². The van der Waals surface area contributed by atoms with E-state index < -0.39 is 32.4 Å². The van der Waals surface area contributed by atoms with Gasteiger partial charge in [-0.1, -0.05) is 13.3 Å². The number of hydrogen-bond donors (Lipinski definition) is 0. The zero-order valence-corrected chi connectivity index (χ0v) is 14.4. The first kappa shape index (κ1) is 20.7. The van der Waals surface area contributed by atoms with E-state index in [0.29, 0.717) is 12.8 Å². The first-order valence-corrected chi connectivity index (χ1v) is 10.1. The van der Waals surface area contributed by atoms with Gasteiger partial charge in [-0.15, -0.1) is 0 Å². The topological polar surface area (TPSA) is 105 Å². The van der Waals surface area contributed by atoms with E-state index in [0.717, 1.165) is 12.5 Å². The Morgan fingerprint density at radius 1 is 0.952 bits per heavy atom. The minimum atomic E-state index is -3.65. The normalized spacial score (nSPS) is 15.8. The Hall–Kier alpha value is -0.260. The van der Waals surface area contributed by atoms with Crippen LogP contribution in [-0.4, -0.2) is 62.1 Å². The van der Waals surface area contributed by atoms with Crippen molar-refractivity contribution in [2.24, 2.45) is 0 Å². The molecule has 2 atom stereocenters. The van der Waals surface area contributed by atoms with Gasteiger partial charge in [0.05, 0.1) is 25.2 Å². The lowest BCUT2D eigenvalue weighted by atomic mass is 10.1. The third kappa shape index (κ3) is 12.0. The predicted molar refractivity (Wildman–Crippen MR) is 76.8 cm³/mol. The maximum Gasteiger partial charge on any atom is 0.264 e. The van der Waals surface area contributed by atoms with E-state index >= 15 is 0 Å². The molecule has 0 fully saturated rings. The molecule has 0 N–H and O–H groups in total. The molecule has 0 saturated carbocycles. The van der Waals surface area contributed by atoms with Crippen molar-refractivity contribution in [3.8, 4) is 0 Å². The lowest BCUT2D eigenvalue weighted by Gasteiger charge is -2.25. The average molecular weight is 348 g/mol. The van der Waals surface area contributed by atoms with Gasteiger partial charge in [0.2, 0.25) is 0 Å². The van der Waals surface area contributed by atoms with E-state index in [1.54, 1.807) is 0 Å². The van der Waals surface area contributed by atoms with Gasteiger partial charge in [0, 0.05) is 13.5 Å². The van der Waals surface area contributed by atoms with Crippen molar-refractivity contribution in [3.05, 3.63) is 0 Å². The lowest BCUT2D eigenvalue weighted by Crippen LogP contribution is -2.35. The van der Waals surface area contributed by atoms with Crippen LogP contribution < -0.4 is 0 Å². The summed E-state index contributed by atoms with van der Waals surface area (Å²) in [6.45, 7) is 1.69. The van der Waals surface area contributed by atoms with Gasteiger partial charge in [-0.25, -0.2) is 0 Å². The highest BCUT2D eigenvalue weighted by Gasteiger charge is 2.26. The molecule has 0 radical (unpaired) electrons. The van der Waals surface area contributed by atoms with Gasteiger partial charge in [-0.2, -0.15) is 16.8 Å². The van der Waals surface area contributed by atoms with Crippen molar-refractivity contribution in [3.63, 3.8) is 0 Å². The Bertz CT molecular complexity index is 470. The summed E-state index contributed by atoms with van der Waals surface area (Å²) >= 11 is 0. The van der Waals surface area contributed by atoms with Gasteiger partial charge in [-0.05, 0) is 6.42 Å². The van der Waals surface area contributed by atoms with Crippen LogP contribution in [0.25, 0.3) is 0 Å². The van der Waals surface area contributed by atoms with E-state index in [4.69, 9.17) is 13.7 Å². The van der Waals surface area contributed by atoms with Crippen LogP contribution in [0.4, 0.5) is 0 Å². The van der Waals surface area contributed by atoms with Crippen molar-refractivity contribution in [2.75, 3.05) is 33.0 Å². The fraction of sp³-hybridized carbons (Fsp3) is 1.00. The molecular weight excluding hydrogens is 324 g/mol. The summed E-state index contributed by atoms with van der Waals surface area (Å²) in [6.07, 6.45) is 1.81. The minimum absolute atomic E-state index is 0.0587. The number of ether oxygens (including phenoxy) is 2. The van der Waals surface area contributed by atoms with Crippen LogP contribution in [0.3, 0.4) is 0 Å². The molecule has 0 aromatic carbocycles. The smallest absolute Gasteiger partial charge is 0.264 e. The van der Waals surface area contributed by atoms with Crippen LogP contribution >= 0.6 is 0 Å². The Morgan fingerprint density at radius 2 is 1.57 bits per heavy atom. The summed E-state index contributed by atoms with van der Waals surface area (Å²) in [6, 6.07) is 0. The van der Waals surface area contributed by atoms with Crippen LogP contribution in [0.1, 0.15) is 26.2 Å². The van der Waals surface area contributed by atoms with Crippen molar-refractivity contribution in [1.82, 2.24) is 0 Å². The SMILES string of the molecule is CCC[C@@H](OS(C)(=O)=O)[C@H](CCOS(C)(=O)=O)OCOC.